The van der Waals surface area contributed by atoms with Gasteiger partial charge in [0.25, 0.3) is 6.29 Å². The fraction of sp³-hybridized carbons (Fsp3) is 0.789. The topological polar surface area (TPSA) is 108 Å². The highest BCUT2D eigenvalue weighted by Gasteiger charge is 2.25. The van der Waals surface area contributed by atoms with Crippen LogP contribution in [0.4, 0.5) is 0 Å². The van der Waals surface area contributed by atoms with Gasteiger partial charge < -0.3 is 28.5 Å². The predicted octanol–water partition coefficient (Wildman–Crippen LogP) is 20.5. The minimum absolute atomic E-state index is 0.177. The van der Waals surface area contributed by atoms with Gasteiger partial charge in [-0.2, -0.15) is 0 Å². The summed E-state index contributed by atoms with van der Waals surface area (Å²) < 4.78 is 22.9. The normalized spacial score (nSPS) is 13.2. The summed E-state index contributed by atoms with van der Waals surface area (Å²) in [4.78, 5) is 37.4. The zero-order valence-electron chi connectivity index (χ0n) is 53.0. The zero-order chi connectivity index (χ0) is 58.3. The highest BCUT2D eigenvalue weighted by atomic mass is 16.7. The number of hydrogen-bond acceptors (Lipinski definition) is 7. The van der Waals surface area contributed by atoms with Crippen LogP contribution in [0.2, 0.25) is 0 Å². The Bertz CT molecular complexity index is 1540. The molecule has 2 atom stereocenters. The van der Waals surface area contributed by atoms with Crippen molar-refractivity contribution in [2.75, 3.05) is 47.5 Å². The minimum atomic E-state index is -1.51. The van der Waals surface area contributed by atoms with Gasteiger partial charge in [-0.25, -0.2) is 4.79 Å². The number of unbranched alkanes of at least 4 members (excludes halogenated alkanes) is 35. The zero-order valence-corrected chi connectivity index (χ0v) is 53.0. The maximum Gasteiger partial charge on any atom is 0.361 e. The van der Waals surface area contributed by atoms with Crippen LogP contribution < -0.4 is 0 Å². The van der Waals surface area contributed by atoms with Gasteiger partial charge in [-0.05, 0) is 64.2 Å². The first kappa shape index (κ1) is 76.7. The van der Waals surface area contributed by atoms with Crippen molar-refractivity contribution >= 4 is 17.9 Å². The van der Waals surface area contributed by atoms with Gasteiger partial charge in [0.05, 0.1) is 34.4 Å². The number of carbonyl (C=O) groups excluding carboxylic acids is 2. The van der Waals surface area contributed by atoms with Crippen molar-refractivity contribution < 1.29 is 42.9 Å². The molecule has 0 bridgehead atoms. The number of carboxylic acid groups (broad SMARTS) is 1. The van der Waals surface area contributed by atoms with E-state index in [2.05, 4.69) is 86.8 Å². The molecule has 0 aliphatic rings. The molecule has 0 aromatic heterocycles. The third-order valence-electron chi connectivity index (χ3n) is 14.7. The van der Waals surface area contributed by atoms with Crippen molar-refractivity contribution in [3.8, 4) is 0 Å². The fourth-order valence-electron chi connectivity index (χ4n) is 9.61. The van der Waals surface area contributed by atoms with Crippen molar-refractivity contribution in [2.24, 2.45) is 0 Å². The summed E-state index contributed by atoms with van der Waals surface area (Å²) in [6, 6.07) is 0. The van der Waals surface area contributed by atoms with E-state index in [-0.39, 0.29) is 38.2 Å². The van der Waals surface area contributed by atoms with E-state index >= 15 is 0 Å². The number of carbonyl (C=O) groups is 3. The molecule has 0 aliphatic carbocycles. The van der Waals surface area contributed by atoms with Crippen LogP contribution in [0.5, 0.6) is 0 Å². The SMILES string of the molecule is CC/C=C\C/C=C\C/C=C\C/C=C\C/C=C\C/C=C\CCCCCCCCCCCCCCCCCCCCCCCCC(=O)OC(COC(=O)CCCCCCCCCCCCCCCC)COC(OCC[N+](C)(C)C)C(=O)O. The van der Waals surface area contributed by atoms with Crippen molar-refractivity contribution in [2.45, 2.75) is 315 Å². The Hall–Kier alpha value is -3.27. The number of quaternary nitrogens is 1. The molecule has 0 aliphatic heterocycles. The van der Waals surface area contributed by atoms with Gasteiger partial charge in [-0.15, -0.1) is 0 Å². The number of aliphatic carboxylic acids is 1. The van der Waals surface area contributed by atoms with Crippen molar-refractivity contribution in [3.63, 3.8) is 0 Å². The summed E-state index contributed by atoms with van der Waals surface area (Å²) >= 11 is 0. The molecule has 0 fully saturated rings. The largest absolute Gasteiger partial charge is 0.477 e. The van der Waals surface area contributed by atoms with Crippen LogP contribution in [-0.2, 0) is 33.3 Å². The number of ether oxygens (including phenoxy) is 4. The molecule has 1 N–H and O–H groups in total. The predicted molar refractivity (Wildman–Crippen MR) is 341 cm³/mol. The number of allylic oxidation sites excluding steroid dienone is 12. The minimum Gasteiger partial charge on any atom is -0.477 e. The maximum atomic E-state index is 12.9. The molecule has 0 aromatic rings. The summed E-state index contributed by atoms with van der Waals surface area (Å²) in [7, 11) is 5.98. The van der Waals surface area contributed by atoms with Gasteiger partial charge in [-0.3, -0.25) is 9.59 Å². The first-order chi connectivity index (χ1) is 39.1. The summed E-state index contributed by atoms with van der Waals surface area (Å²) in [6.45, 7) is 4.80. The molecule has 0 saturated carbocycles. The summed E-state index contributed by atoms with van der Waals surface area (Å²) in [5, 5.41) is 9.71. The van der Waals surface area contributed by atoms with Crippen LogP contribution in [0.25, 0.3) is 0 Å². The number of carboxylic acids is 1. The summed E-state index contributed by atoms with van der Waals surface area (Å²) in [6.07, 6.45) is 78.8. The van der Waals surface area contributed by atoms with E-state index in [1.165, 1.54) is 199 Å². The smallest absolute Gasteiger partial charge is 0.361 e. The van der Waals surface area contributed by atoms with Crippen LogP contribution in [0.15, 0.2) is 72.9 Å². The quantitative estimate of drug-likeness (QED) is 0.0211. The van der Waals surface area contributed by atoms with E-state index in [1.807, 2.05) is 21.1 Å². The average Bonchev–Trinajstić information content (AvgIpc) is 3.43. The number of likely N-dealkylation sites (N-methyl/N-ethyl adjacent to an activating group) is 1. The number of hydrogen-bond donors (Lipinski definition) is 1. The van der Waals surface area contributed by atoms with Gasteiger partial charge in [0.15, 0.2) is 6.10 Å². The molecule has 0 radical (unpaired) electrons. The van der Waals surface area contributed by atoms with Crippen LogP contribution in [0.3, 0.4) is 0 Å². The molecular weight excluding hydrogens is 995 g/mol. The molecule has 0 heterocycles. The second-order valence-electron chi connectivity index (χ2n) is 23.8. The lowest BCUT2D eigenvalue weighted by molar-refractivity contribution is -0.870. The van der Waals surface area contributed by atoms with E-state index in [1.54, 1.807) is 0 Å². The Balaban J connectivity index is 3.94. The molecule has 2 unspecified atom stereocenters. The number of rotatable bonds is 62. The summed E-state index contributed by atoms with van der Waals surface area (Å²) in [5.41, 5.74) is 0. The molecule has 0 spiro atoms. The second-order valence-corrected chi connectivity index (χ2v) is 23.8. The number of esters is 2. The molecule has 0 aromatic carbocycles. The van der Waals surface area contributed by atoms with Crippen molar-refractivity contribution in [3.05, 3.63) is 72.9 Å². The first-order valence-corrected chi connectivity index (χ1v) is 33.6. The lowest BCUT2D eigenvalue weighted by Gasteiger charge is -2.25. The van der Waals surface area contributed by atoms with Crippen LogP contribution in [-0.4, -0.2) is 87.4 Å². The van der Waals surface area contributed by atoms with E-state index in [0.717, 1.165) is 77.0 Å². The lowest BCUT2D eigenvalue weighted by Crippen LogP contribution is -2.40. The fourth-order valence-corrected chi connectivity index (χ4v) is 9.61. The molecule has 9 nitrogen and oxygen atoms in total. The average molecular weight is 1120 g/mol. The van der Waals surface area contributed by atoms with Crippen molar-refractivity contribution in [1.29, 1.82) is 0 Å². The standard InChI is InChI=1S/C71H127NO8/c1-6-8-10-12-14-16-18-20-22-23-24-25-26-27-28-29-30-31-32-33-34-35-36-37-38-39-40-41-42-43-44-45-46-47-48-50-52-54-56-58-60-62-69(74)80-67(66-79-71(70(75)76)77-64-63-72(3,4)5)65-78-68(73)61-59-57-55-53-51-49-21-19-17-15-13-11-9-7-2/h8,10,14,16,20,22,24-25,27-28,30-31,67,71H,6-7,9,11-13,15,17-19,21,23,26,29,32-66H2,1-5H3/p+1/b10-8-,16-14-,22-20-,25-24-,28-27-,31-30-. The van der Waals surface area contributed by atoms with Crippen molar-refractivity contribution in [1.82, 2.24) is 0 Å². The van der Waals surface area contributed by atoms with E-state index in [9.17, 15) is 19.5 Å². The van der Waals surface area contributed by atoms with E-state index < -0.39 is 18.4 Å². The lowest BCUT2D eigenvalue weighted by atomic mass is 10.0. The van der Waals surface area contributed by atoms with Gasteiger partial charge in [0.1, 0.15) is 13.2 Å². The Morgan fingerprint density at radius 3 is 1.06 bits per heavy atom. The van der Waals surface area contributed by atoms with Crippen LogP contribution >= 0.6 is 0 Å². The van der Waals surface area contributed by atoms with E-state index in [0.29, 0.717) is 17.4 Å². The maximum absolute atomic E-state index is 12.9. The third-order valence-corrected chi connectivity index (χ3v) is 14.7. The molecule has 9 heteroatoms. The highest BCUT2D eigenvalue weighted by Crippen LogP contribution is 2.18. The monoisotopic (exact) mass is 1120 g/mol. The number of nitrogens with zero attached hydrogens (tertiary/aromatic N) is 1. The Labute approximate surface area is 494 Å². The second kappa shape index (κ2) is 61.8. The van der Waals surface area contributed by atoms with E-state index in [4.69, 9.17) is 18.9 Å². The van der Waals surface area contributed by atoms with Gasteiger partial charge in [-0.1, -0.05) is 299 Å². The Morgan fingerprint density at radius 2 is 0.713 bits per heavy atom. The highest BCUT2D eigenvalue weighted by molar-refractivity contribution is 5.71. The molecule has 0 saturated heterocycles. The van der Waals surface area contributed by atoms with Crippen LogP contribution in [0, 0.1) is 0 Å². The molecule has 0 amide bonds. The molecular formula is C71H128NO8+. The first-order valence-electron chi connectivity index (χ1n) is 33.6. The van der Waals surface area contributed by atoms with Crippen LogP contribution in [0.1, 0.15) is 303 Å². The summed E-state index contributed by atoms with van der Waals surface area (Å²) in [5.74, 6) is -1.98. The van der Waals surface area contributed by atoms with Gasteiger partial charge in [0.2, 0.25) is 0 Å². The molecule has 80 heavy (non-hydrogen) atoms. The Morgan fingerprint density at radius 1 is 0.388 bits per heavy atom. The van der Waals surface area contributed by atoms with Gasteiger partial charge in [0, 0.05) is 12.8 Å². The van der Waals surface area contributed by atoms with Gasteiger partial charge >= 0.3 is 17.9 Å². The molecule has 0 rings (SSSR count). The Kier molecular flexibility index (Phi) is 59.3. The molecule has 464 valence electrons. The third kappa shape index (κ3) is 62.3.